The van der Waals surface area contributed by atoms with Crippen molar-refractivity contribution in [2.24, 2.45) is 0 Å². The highest BCUT2D eigenvalue weighted by Crippen LogP contribution is 2.20. The molecule has 0 aliphatic rings. The van der Waals surface area contributed by atoms with Gasteiger partial charge in [0.05, 0.1) is 0 Å². The molecule has 0 heterocycles. The Bertz CT molecular complexity index is 463. The molecule has 0 saturated carbocycles. The van der Waals surface area contributed by atoms with Crippen LogP contribution in [0.1, 0.15) is 19.3 Å². The molecule has 1 aromatic rings. The van der Waals surface area contributed by atoms with E-state index in [1.807, 2.05) is 30.3 Å². The van der Waals surface area contributed by atoms with Crippen molar-refractivity contribution in [2.75, 3.05) is 12.8 Å². The van der Waals surface area contributed by atoms with Gasteiger partial charge in [0.1, 0.15) is 0 Å². The average molecular weight is 311 g/mol. The van der Waals surface area contributed by atoms with Gasteiger partial charge in [-0.25, -0.2) is 0 Å². The first-order valence-electron chi connectivity index (χ1n) is 6.23. The molecule has 0 spiro atoms. The molecule has 1 amide bonds. The molecule has 0 aliphatic heterocycles. The van der Waals surface area contributed by atoms with Crippen LogP contribution in [-0.2, 0) is 14.4 Å². The molecule has 0 aromatic heterocycles. The third kappa shape index (κ3) is 7.35. The van der Waals surface area contributed by atoms with Crippen LogP contribution in [-0.4, -0.2) is 28.9 Å². The van der Waals surface area contributed by atoms with Gasteiger partial charge in [-0.3, -0.25) is 14.4 Å². The first-order valence-corrected chi connectivity index (χ1v) is 8.04. The van der Waals surface area contributed by atoms with Gasteiger partial charge in [0.2, 0.25) is 5.91 Å². The highest BCUT2D eigenvalue weighted by molar-refractivity contribution is 8.14. The summed E-state index contributed by atoms with van der Waals surface area (Å²) in [6.45, 7) is 0. The maximum Gasteiger partial charge on any atom is 0.220 e. The standard InChI is InChI=1S/C14H17NO3S2/c1-15-12(16)7-8-13(17)19-10-9-14(18)20-11-5-3-2-4-6-11/h2-6H,7-10H2,1H3,(H,15,16). The number of hydrogen-bond donors (Lipinski definition) is 1. The van der Waals surface area contributed by atoms with E-state index in [1.165, 1.54) is 11.8 Å². The maximum absolute atomic E-state index is 11.7. The van der Waals surface area contributed by atoms with Crippen molar-refractivity contribution in [3.05, 3.63) is 30.3 Å². The SMILES string of the molecule is CNC(=O)CCC(=O)SCCC(=O)Sc1ccccc1. The fourth-order valence-electron chi connectivity index (χ4n) is 1.33. The third-order valence-corrected chi connectivity index (χ3v) is 4.25. The summed E-state index contributed by atoms with van der Waals surface area (Å²) >= 11 is 2.30. The van der Waals surface area contributed by atoms with Crippen LogP contribution in [0.4, 0.5) is 0 Å². The van der Waals surface area contributed by atoms with Gasteiger partial charge in [-0.15, -0.1) is 0 Å². The Balaban J connectivity index is 2.15. The van der Waals surface area contributed by atoms with E-state index in [9.17, 15) is 14.4 Å². The van der Waals surface area contributed by atoms with Gasteiger partial charge < -0.3 is 5.32 Å². The summed E-state index contributed by atoms with van der Waals surface area (Å²) in [7, 11) is 1.54. The minimum atomic E-state index is -0.144. The summed E-state index contributed by atoms with van der Waals surface area (Å²) in [4.78, 5) is 35.0. The summed E-state index contributed by atoms with van der Waals surface area (Å²) in [5, 5.41) is 2.46. The van der Waals surface area contributed by atoms with Crippen LogP contribution in [0.3, 0.4) is 0 Å². The minimum Gasteiger partial charge on any atom is -0.359 e. The molecule has 20 heavy (non-hydrogen) atoms. The number of thioether (sulfide) groups is 2. The molecule has 1 aromatic carbocycles. The maximum atomic E-state index is 11.7. The van der Waals surface area contributed by atoms with E-state index in [0.29, 0.717) is 12.2 Å². The van der Waals surface area contributed by atoms with Crippen molar-refractivity contribution in [3.63, 3.8) is 0 Å². The van der Waals surface area contributed by atoms with E-state index in [2.05, 4.69) is 5.32 Å². The molecule has 0 fully saturated rings. The second-order valence-electron chi connectivity index (χ2n) is 3.93. The predicted octanol–water partition coefficient (Wildman–Crippen LogP) is 2.48. The molecule has 4 nitrogen and oxygen atoms in total. The molecular weight excluding hydrogens is 294 g/mol. The van der Waals surface area contributed by atoms with Gasteiger partial charge in [-0.2, -0.15) is 0 Å². The molecule has 0 aliphatic carbocycles. The summed E-state index contributed by atoms with van der Waals surface area (Å²) in [6.07, 6.45) is 0.759. The molecule has 6 heteroatoms. The zero-order valence-corrected chi connectivity index (χ0v) is 12.9. The van der Waals surface area contributed by atoms with Crippen LogP contribution in [0.2, 0.25) is 0 Å². The second-order valence-corrected chi connectivity index (χ2v) is 6.21. The normalized spacial score (nSPS) is 10.1. The summed E-state index contributed by atoms with van der Waals surface area (Å²) in [6, 6.07) is 9.42. The smallest absolute Gasteiger partial charge is 0.220 e. The zero-order valence-electron chi connectivity index (χ0n) is 11.3. The van der Waals surface area contributed by atoms with Crippen molar-refractivity contribution >= 4 is 39.7 Å². The molecule has 0 bridgehead atoms. The van der Waals surface area contributed by atoms with Crippen molar-refractivity contribution < 1.29 is 14.4 Å². The van der Waals surface area contributed by atoms with E-state index in [-0.39, 0.29) is 29.0 Å². The molecule has 108 valence electrons. The van der Waals surface area contributed by atoms with Gasteiger partial charge >= 0.3 is 0 Å². The molecule has 1 N–H and O–H groups in total. The Labute approximate surface area is 127 Å². The average Bonchev–Trinajstić information content (AvgIpc) is 2.45. The van der Waals surface area contributed by atoms with Crippen LogP contribution < -0.4 is 5.32 Å². The Morgan fingerprint density at radius 2 is 1.70 bits per heavy atom. The van der Waals surface area contributed by atoms with E-state index < -0.39 is 0 Å². The molecule has 0 unspecified atom stereocenters. The number of carbonyl (C=O) groups is 3. The number of hydrogen-bond acceptors (Lipinski definition) is 5. The minimum absolute atomic E-state index is 0.0443. The number of nitrogens with one attached hydrogen (secondary N) is 1. The Morgan fingerprint density at radius 1 is 1.00 bits per heavy atom. The number of benzene rings is 1. The van der Waals surface area contributed by atoms with Gasteiger partial charge in [-0.1, -0.05) is 41.7 Å². The summed E-state index contributed by atoms with van der Waals surface area (Å²) < 4.78 is 0. The molecule has 1 rings (SSSR count). The quantitative estimate of drug-likeness (QED) is 0.784. The predicted molar refractivity (Wildman–Crippen MR) is 82.7 cm³/mol. The number of carbonyl (C=O) groups excluding carboxylic acids is 3. The lowest BCUT2D eigenvalue weighted by molar-refractivity contribution is -0.122. The van der Waals surface area contributed by atoms with Crippen molar-refractivity contribution in [2.45, 2.75) is 24.2 Å². The first kappa shape index (κ1) is 16.8. The van der Waals surface area contributed by atoms with E-state index in [1.54, 1.807) is 7.05 Å². The lowest BCUT2D eigenvalue weighted by Gasteiger charge is -2.01. The van der Waals surface area contributed by atoms with Gasteiger partial charge in [0.15, 0.2) is 10.2 Å². The third-order valence-electron chi connectivity index (χ3n) is 2.38. The second kappa shape index (κ2) is 9.61. The first-order chi connectivity index (χ1) is 9.61. The number of rotatable bonds is 7. The van der Waals surface area contributed by atoms with Crippen molar-refractivity contribution in [1.82, 2.24) is 5.32 Å². The highest BCUT2D eigenvalue weighted by atomic mass is 32.2. The molecular formula is C14H17NO3S2. The molecule has 0 atom stereocenters. The number of amides is 1. The molecule has 0 radical (unpaired) electrons. The topological polar surface area (TPSA) is 63.2 Å². The molecule has 0 saturated heterocycles. The van der Waals surface area contributed by atoms with Crippen LogP contribution in [0.25, 0.3) is 0 Å². The largest absolute Gasteiger partial charge is 0.359 e. The lowest BCUT2D eigenvalue weighted by Crippen LogP contribution is -2.18. The van der Waals surface area contributed by atoms with Crippen LogP contribution >= 0.6 is 23.5 Å². The fourth-order valence-corrected chi connectivity index (χ4v) is 2.98. The van der Waals surface area contributed by atoms with Gasteiger partial charge in [-0.05, 0) is 12.1 Å². The van der Waals surface area contributed by atoms with Crippen LogP contribution in [0, 0.1) is 0 Å². The monoisotopic (exact) mass is 311 g/mol. The van der Waals surface area contributed by atoms with E-state index in [0.717, 1.165) is 16.7 Å². The van der Waals surface area contributed by atoms with E-state index in [4.69, 9.17) is 0 Å². The lowest BCUT2D eigenvalue weighted by atomic mass is 10.3. The fraction of sp³-hybridized carbons (Fsp3) is 0.357. The van der Waals surface area contributed by atoms with Gasteiger partial charge in [0.25, 0.3) is 0 Å². The highest BCUT2D eigenvalue weighted by Gasteiger charge is 2.09. The Hall–Kier alpha value is -1.27. The van der Waals surface area contributed by atoms with E-state index >= 15 is 0 Å². The Kier molecular flexibility index (Phi) is 8.06. The van der Waals surface area contributed by atoms with Crippen molar-refractivity contribution in [3.8, 4) is 0 Å². The summed E-state index contributed by atoms with van der Waals surface area (Å²) in [5.41, 5.74) is 0. The van der Waals surface area contributed by atoms with Crippen molar-refractivity contribution in [1.29, 1.82) is 0 Å². The summed E-state index contributed by atoms with van der Waals surface area (Å²) in [5.74, 6) is 0.320. The van der Waals surface area contributed by atoms with Crippen LogP contribution in [0.15, 0.2) is 35.2 Å². The van der Waals surface area contributed by atoms with Crippen LogP contribution in [0.5, 0.6) is 0 Å². The Morgan fingerprint density at radius 3 is 2.35 bits per heavy atom. The zero-order chi connectivity index (χ0) is 14.8. The van der Waals surface area contributed by atoms with Gasteiger partial charge in [0, 0.05) is 37.0 Å².